The van der Waals surface area contributed by atoms with E-state index < -0.39 is 17.5 Å². The molecule has 0 aliphatic carbocycles. The van der Waals surface area contributed by atoms with Crippen molar-refractivity contribution < 1.29 is 13.6 Å². The standard InChI is InChI=1S/C9H5ClF2N4O/c10-6-4(1-3(11)2-5(6)12)7-8(9(13)17)15-16-14-7/h1-2H,(H2,13,17)(H,14,15,16). The predicted molar refractivity (Wildman–Crippen MR) is 55.3 cm³/mol. The maximum atomic E-state index is 13.2. The molecule has 5 nitrogen and oxygen atoms in total. The number of carbonyl (C=O) groups is 1. The average molecular weight is 259 g/mol. The number of benzene rings is 1. The molecule has 0 radical (unpaired) electrons. The lowest BCUT2D eigenvalue weighted by atomic mass is 10.1. The first-order chi connectivity index (χ1) is 8.00. The van der Waals surface area contributed by atoms with Crippen molar-refractivity contribution in [2.45, 2.75) is 0 Å². The van der Waals surface area contributed by atoms with Crippen molar-refractivity contribution in [2.24, 2.45) is 5.73 Å². The number of H-pyrrole nitrogens is 1. The van der Waals surface area contributed by atoms with Gasteiger partial charge < -0.3 is 5.73 Å². The Morgan fingerprint density at radius 2 is 2.06 bits per heavy atom. The summed E-state index contributed by atoms with van der Waals surface area (Å²) in [5.74, 6) is -2.69. The molecule has 8 heteroatoms. The lowest BCUT2D eigenvalue weighted by Gasteiger charge is -2.03. The van der Waals surface area contributed by atoms with Gasteiger partial charge in [0.25, 0.3) is 5.91 Å². The van der Waals surface area contributed by atoms with E-state index in [1.54, 1.807) is 0 Å². The van der Waals surface area contributed by atoms with Gasteiger partial charge in [-0.25, -0.2) is 8.78 Å². The van der Waals surface area contributed by atoms with Gasteiger partial charge in [-0.3, -0.25) is 4.79 Å². The van der Waals surface area contributed by atoms with Crippen LogP contribution < -0.4 is 5.73 Å². The Kier molecular flexibility index (Phi) is 2.76. The number of nitrogens with two attached hydrogens (primary N) is 1. The van der Waals surface area contributed by atoms with Crippen molar-refractivity contribution >= 4 is 17.5 Å². The third-order valence-corrected chi connectivity index (χ3v) is 2.41. The van der Waals surface area contributed by atoms with E-state index in [2.05, 4.69) is 15.4 Å². The molecule has 1 amide bonds. The summed E-state index contributed by atoms with van der Waals surface area (Å²) in [6, 6.07) is 1.56. The smallest absolute Gasteiger partial charge is 0.271 e. The molecular weight excluding hydrogens is 254 g/mol. The molecule has 1 heterocycles. The summed E-state index contributed by atoms with van der Waals surface area (Å²) < 4.78 is 26.3. The minimum Gasteiger partial charge on any atom is -0.364 e. The monoisotopic (exact) mass is 258 g/mol. The maximum Gasteiger partial charge on any atom is 0.271 e. The fourth-order valence-corrected chi connectivity index (χ4v) is 1.52. The molecule has 2 aromatic rings. The summed E-state index contributed by atoms with van der Waals surface area (Å²) in [6.07, 6.45) is 0. The van der Waals surface area contributed by atoms with Crippen LogP contribution in [-0.2, 0) is 0 Å². The molecule has 3 N–H and O–H groups in total. The van der Waals surface area contributed by atoms with E-state index in [1.807, 2.05) is 0 Å². The van der Waals surface area contributed by atoms with Crippen molar-refractivity contribution in [3.63, 3.8) is 0 Å². The summed E-state index contributed by atoms with van der Waals surface area (Å²) in [7, 11) is 0. The largest absolute Gasteiger partial charge is 0.364 e. The highest BCUT2D eigenvalue weighted by atomic mass is 35.5. The highest BCUT2D eigenvalue weighted by molar-refractivity contribution is 6.33. The molecule has 1 aromatic carbocycles. The zero-order valence-corrected chi connectivity index (χ0v) is 8.92. The number of carbonyl (C=O) groups excluding carboxylic acids is 1. The lowest BCUT2D eigenvalue weighted by molar-refractivity contribution is 0.0996. The molecule has 17 heavy (non-hydrogen) atoms. The van der Waals surface area contributed by atoms with Crippen LogP contribution in [0.15, 0.2) is 12.1 Å². The average Bonchev–Trinajstić information content (AvgIpc) is 2.72. The summed E-state index contributed by atoms with van der Waals surface area (Å²) in [6.45, 7) is 0. The second-order valence-corrected chi connectivity index (χ2v) is 3.51. The van der Waals surface area contributed by atoms with Gasteiger partial charge in [-0.2, -0.15) is 15.4 Å². The highest BCUT2D eigenvalue weighted by Crippen LogP contribution is 2.30. The van der Waals surface area contributed by atoms with Gasteiger partial charge in [-0.05, 0) is 6.07 Å². The molecule has 2 rings (SSSR count). The summed E-state index contributed by atoms with van der Waals surface area (Å²) in [4.78, 5) is 11.0. The van der Waals surface area contributed by atoms with Crippen LogP contribution in [0.5, 0.6) is 0 Å². The number of halogens is 3. The summed E-state index contributed by atoms with van der Waals surface area (Å²) >= 11 is 5.66. The minimum absolute atomic E-state index is 0.0910. The Hall–Kier alpha value is -2.02. The van der Waals surface area contributed by atoms with Crippen LogP contribution in [0.3, 0.4) is 0 Å². The molecule has 0 aliphatic heterocycles. The number of hydrogen-bond donors (Lipinski definition) is 2. The van der Waals surface area contributed by atoms with Crippen LogP contribution in [0.25, 0.3) is 11.3 Å². The van der Waals surface area contributed by atoms with E-state index in [9.17, 15) is 13.6 Å². The highest BCUT2D eigenvalue weighted by Gasteiger charge is 2.20. The van der Waals surface area contributed by atoms with Gasteiger partial charge in [0.05, 0.1) is 5.02 Å². The third kappa shape index (κ3) is 1.96. The normalized spacial score (nSPS) is 10.5. The van der Waals surface area contributed by atoms with Gasteiger partial charge in [0.2, 0.25) is 0 Å². The van der Waals surface area contributed by atoms with Gasteiger partial charge in [0, 0.05) is 11.6 Å². The Labute approximate surface area is 98.6 Å². The first-order valence-corrected chi connectivity index (χ1v) is 4.74. The summed E-state index contributed by atoms with van der Waals surface area (Å²) in [5, 5.41) is 8.86. The van der Waals surface area contributed by atoms with Crippen LogP contribution >= 0.6 is 11.6 Å². The molecule has 0 fully saturated rings. The molecule has 0 saturated heterocycles. The van der Waals surface area contributed by atoms with Crippen LogP contribution in [0.2, 0.25) is 5.02 Å². The quantitative estimate of drug-likeness (QED) is 0.801. The number of nitrogens with one attached hydrogen (secondary N) is 1. The number of amides is 1. The van der Waals surface area contributed by atoms with Crippen molar-refractivity contribution in [3.8, 4) is 11.3 Å². The van der Waals surface area contributed by atoms with E-state index in [4.69, 9.17) is 17.3 Å². The number of hydrogen-bond acceptors (Lipinski definition) is 3. The van der Waals surface area contributed by atoms with E-state index in [0.29, 0.717) is 6.07 Å². The van der Waals surface area contributed by atoms with Crippen LogP contribution in [0.1, 0.15) is 10.5 Å². The fourth-order valence-electron chi connectivity index (χ4n) is 1.32. The Morgan fingerprint density at radius 1 is 1.35 bits per heavy atom. The molecule has 1 aromatic heterocycles. The molecule has 0 unspecified atom stereocenters. The third-order valence-electron chi connectivity index (χ3n) is 2.03. The van der Waals surface area contributed by atoms with E-state index in [0.717, 1.165) is 6.07 Å². The SMILES string of the molecule is NC(=O)c1n[nH]nc1-c1cc(F)cc(F)c1Cl. The molecule has 0 bridgehead atoms. The number of aromatic nitrogens is 3. The van der Waals surface area contributed by atoms with Crippen molar-refractivity contribution in [1.82, 2.24) is 15.4 Å². The van der Waals surface area contributed by atoms with E-state index >= 15 is 0 Å². The molecular formula is C9H5ClF2N4O. The minimum atomic E-state index is -0.958. The molecule has 0 spiro atoms. The van der Waals surface area contributed by atoms with Gasteiger partial charge in [0.15, 0.2) is 5.69 Å². The number of primary amides is 1. The van der Waals surface area contributed by atoms with E-state index in [1.165, 1.54) is 0 Å². The summed E-state index contributed by atoms with van der Waals surface area (Å²) in [5.41, 5.74) is 4.60. The van der Waals surface area contributed by atoms with Crippen LogP contribution in [0, 0.1) is 11.6 Å². The Balaban J connectivity index is 2.68. The zero-order chi connectivity index (χ0) is 12.6. The van der Waals surface area contributed by atoms with Crippen molar-refractivity contribution in [2.75, 3.05) is 0 Å². The number of rotatable bonds is 2. The van der Waals surface area contributed by atoms with Gasteiger partial charge in [-0.1, -0.05) is 11.6 Å². The maximum absolute atomic E-state index is 13.2. The molecule has 0 aliphatic rings. The fraction of sp³-hybridized carbons (Fsp3) is 0. The van der Waals surface area contributed by atoms with Gasteiger partial charge >= 0.3 is 0 Å². The van der Waals surface area contributed by atoms with Crippen molar-refractivity contribution in [3.05, 3.63) is 34.5 Å². The van der Waals surface area contributed by atoms with Gasteiger partial charge in [-0.15, -0.1) is 0 Å². The molecule has 0 saturated carbocycles. The van der Waals surface area contributed by atoms with E-state index in [-0.39, 0.29) is 22.0 Å². The van der Waals surface area contributed by atoms with Crippen molar-refractivity contribution in [1.29, 1.82) is 0 Å². The first-order valence-electron chi connectivity index (χ1n) is 4.36. The topological polar surface area (TPSA) is 84.7 Å². The van der Waals surface area contributed by atoms with Gasteiger partial charge in [0.1, 0.15) is 17.3 Å². The number of nitrogens with zero attached hydrogens (tertiary/aromatic N) is 2. The Bertz CT molecular complexity index is 599. The molecule has 88 valence electrons. The van der Waals surface area contributed by atoms with Crippen LogP contribution in [-0.4, -0.2) is 21.3 Å². The zero-order valence-electron chi connectivity index (χ0n) is 8.17. The lowest BCUT2D eigenvalue weighted by Crippen LogP contribution is -2.13. The first kappa shape index (κ1) is 11.5. The molecule has 0 atom stereocenters. The predicted octanol–water partition coefficient (Wildman–Crippen LogP) is 1.50. The second-order valence-electron chi connectivity index (χ2n) is 3.13. The van der Waals surface area contributed by atoms with Crippen LogP contribution in [0.4, 0.5) is 8.78 Å². The number of aromatic amines is 1. The second kappa shape index (κ2) is 4.10. The Morgan fingerprint density at radius 3 is 2.71 bits per heavy atom.